The molecule has 2 saturated carbocycles. The Bertz CT molecular complexity index is 595. The van der Waals surface area contributed by atoms with Crippen LogP contribution in [0.4, 0.5) is 0 Å². The van der Waals surface area contributed by atoms with Gasteiger partial charge in [0.1, 0.15) is 6.04 Å². The number of amides is 2. The van der Waals surface area contributed by atoms with Crippen molar-refractivity contribution in [2.45, 2.75) is 103 Å². The quantitative estimate of drug-likeness (QED) is 0.733. The van der Waals surface area contributed by atoms with E-state index in [0.717, 1.165) is 51.1 Å². The van der Waals surface area contributed by atoms with Gasteiger partial charge in [-0.15, -0.1) is 0 Å². The van der Waals surface area contributed by atoms with E-state index in [1.807, 2.05) is 4.90 Å². The first-order valence-corrected chi connectivity index (χ1v) is 11.4. The molecular formula is C23H38N2O2. The number of carbonyl (C=O) groups is 2. The standard InChI is InChI=1S/C23H38N2O2/c1-22(2)13-18-14-23(3,15-22)16-25(18)21(27)19-9-6-12-24(19)20(26)11-10-17-7-4-5-8-17/h17-19H,4-16H2,1-3H3. The molecule has 4 rings (SSSR count). The predicted octanol–water partition coefficient (Wildman–Crippen LogP) is 4.38. The molecule has 2 saturated heterocycles. The number of hydrogen-bond donors (Lipinski definition) is 0. The molecule has 2 aliphatic carbocycles. The lowest BCUT2D eigenvalue weighted by molar-refractivity contribution is -0.144. The predicted molar refractivity (Wildman–Crippen MR) is 107 cm³/mol. The fourth-order valence-corrected chi connectivity index (χ4v) is 7.00. The molecule has 152 valence electrons. The second kappa shape index (κ2) is 7.08. The zero-order valence-electron chi connectivity index (χ0n) is 17.6. The number of hydrogen-bond acceptors (Lipinski definition) is 2. The second-order valence-corrected chi connectivity index (χ2v) is 11.1. The first-order chi connectivity index (χ1) is 12.8. The number of carbonyl (C=O) groups excluding carboxylic acids is 2. The maximum Gasteiger partial charge on any atom is 0.245 e. The van der Waals surface area contributed by atoms with Crippen molar-refractivity contribution in [3.05, 3.63) is 0 Å². The number of nitrogens with zero attached hydrogens (tertiary/aromatic N) is 2. The first-order valence-electron chi connectivity index (χ1n) is 11.4. The molecule has 0 aromatic carbocycles. The van der Waals surface area contributed by atoms with Gasteiger partial charge < -0.3 is 9.80 Å². The molecule has 0 aromatic heterocycles. The summed E-state index contributed by atoms with van der Waals surface area (Å²) in [5, 5.41) is 0. The van der Waals surface area contributed by atoms with Crippen LogP contribution in [-0.4, -0.2) is 46.8 Å². The molecule has 2 amide bonds. The number of likely N-dealkylation sites (tertiary alicyclic amines) is 2. The van der Waals surface area contributed by atoms with Crippen molar-refractivity contribution in [1.29, 1.82) is 0 Å². The minimum absolute atomic E-state index is 0.188. The average Bonchev–Trinajstić information content (AvgIpc) is 3.29. The third-order valence-corrected chi connectivity index (χ3v) is 7.80. The van der Waals surface area contributed by atoms with Crippen molar-refractivity contribution < 1.29 is 9.59 Å². The first kappa shape index (κ1) is 19.3. The maximum absolute atomic E-state index is 13.5. The third kappa shape index (κ3) is 3.91. The fourth-order valence-electron chi connectivity index (χ4n) is 7.00. The highest BCUT2D eigenvalue weighted by Crippen LogP contribution is 2.52. The van der Waals surface area contributed by atoms with Gasteiger partial charge in [0.05, 0.1) is 0 Å². The number of rotatable bonds is 4. The SMILES string of the molecule is CC1(C)CC2CC(C)(CN2C(=O)C2CCCN2C(=O)CCC2CCCC2)C1. The topological polar surface area (TPSA) is 40.6 Å². The average molecular weight is 375 g/mol. The zero-order valence-corrected chi connectivity index (χ0v) is 17.6. The van der Waals surface area contributed by atoms with Crippen LogP contribution < -0.4 is 0 Å². The van der Waals surface area contributed by atoms with Crippen molar-refractivity contribution in [2.75, 3.05) is 13.1 Å². The van der Waals surface area contributed by atoms with Crippen LogP contribution in [0.5, 0.6) is 0 Å². The molecule has 27 heavy (non-hydrogen) atoms. The van der Waals surface area contributed by atoms with Crippen molar-refractivity contribution in [1.82, 2.24) is 9.80 Å². The highest BCUT2D eigenvalue weighted by Gasteiger charge is 2.52. The van der Waals surface area contributed by atoms with Crippen LogP contribution in [0.15, 0.2) is 0 Å². The molecule has 4 aliphatic rings. The van der Waals surface area contributed by atoms with E-state index in [1.165, 1.54) is 32.1 Å². The molecule has 2 bridgehead atoms. The molecule has 0 N–H and O–H groups in total. The van der Waals surface area contributed by atoms with Crippen LogP contribution in [0.3, 0.4) is 0 Å². The molecule has 0 spiro atoms. The smallest absolute Gasteiger partial charge is 0.245 e. The summed E-state index contributed by atoms with van der Waals surface area (Å²) in [6, 6.07) is 0.189. The Balaban J connectivity index is 1.39. The van der Waals surface area contributed by atoms with Crippen molar-refractivity contribution in [2.24, 2.45) is 16.7 Å². The Labute approximate surface area is 165 Å². The van der Waals surface area contributed by atoms with Gasteiger partial charge in [0.2, 0.25) is 11.8 Å². The summed E-state index contributed by atoms with van der Waals surface area (Å²) in [4.78, 5) is 30.4. The monoisotopic (exact) mass is 374 g/mol. The Hall–Kier alpha value is -1.06. The van der Waals surface area contributed by atoms with Gasteiger partial charge in [0, 0.05) is 25.6 Å². The van der Waals surface area contributed by atoms with Crippen LogP contribution in [0, 0.1) is 16.7 Å². The van der Waals surface area contributed by atoms with Gasteiger partial charge in [-0.3, -0.25) is 9.59 Å². The van der Waals surface area contributed by atoms with E-state index in [4.69, 9.17) is 0 Å². The third-order valence-electron chi connectivity index (χ3n) is 7.80. The Morgan fingerprint density at radius 2 is 1.70 bits per heavy atom. The minimum atomic E-state index is -0.188. The van der Waals surface area contributed by atoms with Gasteiger partial charge in [-0.25, -0.2) is 0 Å². The van der Waals surface area contributed by atoms with E-state index in [9.17, 15) is 9.59 Å². The highest BCUT2D eigenvalue weighted by atomic mass is 16.2. The van der Waals surface area contributed by atoms with Crippen LogP contribution in [0.1, 0.15) is 91.4 Å². The van der Waals surface area contributed by atoms with E-state index in [1.54, 1.807) is 0 Å². The Kier molecular flexibility index (Phi) is 5.05. The molecule has 3 unspecified atom stereocenters. The molecule has 4 heteroatoms. The summed E-state index contributed by atoms with van der Waals surface area (Å²) in [5.74, 6) is 1.21. The van der Waals surface area contributed by atoms with E-state index in [0.29, 0.717) is 17.9 Å². The van der Waals surface area contributed by atoms with Crippen molar-refractivity contribution in [3.8, 4) is 0 Å². The Morgan fingerprint density at radius 1 is 0.963 bits per heavy atom. The van der Waals surface area contributed by atoms with Crippen LogP contribution in [0.25, 0.3) is 0 Å². The van der Waals surface area contributed by atoms with Crippen LogP contribution >= 0.6 is 0 Å². The molecule has 0 radical (unpaired) electrons. The minimum Gasteiger partial charge on any atom is -0.337 e. The zero-order chi connectivity index (χ0) is 19.2. The van der Waals surface area contributed by atoms with E-state index < -0.39 is 0 Å². The lowest BCUT2D eigenvalue weighted by Gasteiger charge is -2.39. The molecule has 3 atom stereocenters. The molecular weight excluding hydrogens is 336 g/mol. The lowest BCUT2D eigenvalue weighted by atomic mass is 9.65. The molecule has 2 heterocycles. The van der Waals surface area contributed by atoms with Crippen LogP contribution in [-0.2, 0) is 9.59 Å². The highest BCUT2D eigenvalue weighted by molar-refractivity contribution is 5.88. The molecule has 2 aliphatic heterocycles. The van der Waals surface area contributed by atoms with E-state index in [2.05, 4.69) is 25.7 Å². The summed E-state index contributed by atoms with van der Waals surface area (Å²) in [5.41, 5.74) is 0.581. The van der Waals surface area contributed by atoms with E-state index >= 15 is 0 Å². The van der Waals surface area contributed by atoms with Crippen molar-refractivity contribution in [3.63, 3.8) is 0 Å². The van der Waals surface area contributed by atoms with Gasteiger partial charge >= 0.3 is 0 Å². The largest absolute Gasteiger partial charge is 0.337 e. The number of fused-ring (bicyclic) bond motifs is 2. The van der Waals surface area contributed by atoms with Crippen molar-refractivity contribution >= 4 is 11.8 Å². The fraction of sp³-hybridized carbons (Fsp3) is 0.913. The summed E-state index contributed by atoms with van der Waals surface area (Å²) in [6.45, 7) is 8.72. The summed E-state index contributed by atoms with van der Waals surface area (Å²) < 4.78 is 0. The van der Waals surface area contributed by atoms with Gasteiger partial charge in [0.25, 0.3) is 0 Å². The maximum atomic E-state index is 13.5. The summed E-state index contributed by atoms with van der Waals surface area (Å²) in [7, 11) is 0. The summed E-state index contributed by atoms with van der Waals surface area (Å²) >= 11 is 0. The van der Waals surface area contributed by atoms with Gasteiger partial charge in [-0.1, -0.05) is 46.5 Å². The second-order valence-electron chi connectivity index (χ2n) is 11.1. The molecule has 0 aromatic rings. The lowest BCUT2D eigenvalue weighted by Crippen LogP contribution is -2.49. The van der Waals surface area contributed by atoms with Gasteiger partial charge in [-0.05, 0) is 55.3 Å². The Morgan fingerprint density at radius 3 is 2.44 bits per heavy atom. The van der Waals surface area contributed by atoms with Gasteiger partial charge in [0.15, 0.2) is 0 Å². The molecule has 4 nitrogen and oxygen atoms in total. The van der Waals surface area contributed by atoms with E-state index in [-0.39, 0.29) is 23.3 Å². The van der Waals surface area contributed by atoms with Crippen LogP contribution in [0.2, 0.25) is 0 Å². The normalized spacial score (nSPS) is 35.8. The summed E-state index contributed by atoms with van der Waals surface area (Å²) in [6.07, 6.45) is 12.2. The molecule has 4 fully saturated rings. The van der Waals surface area contributed by atoms with Gasteiger partial charge in [-0.2, -0.15) is 0 Å².